The summed E-state index contributed by atoms with van der Waals surface area (Å²) >= 11 is 0. The number of hydrogen-bond donors (Lipinski definition) is 2. The molecule has 4 aromatic carbocycles. The van der Waals surface area contributed by atoms with Crippen molar-refractivity contribution in [2.75, 3.05) is 35.0 Å². The Morgan fingerprint density at radius 3 is 1.98 bits per heavy atom. The highest BCUT2D eigenvalue weighted by Gasteiger charge is 2.16. The van der Waals surface area contributed by atoms with Crippen molar-refractivity contribution in [2.45, 2.75) is 0 Å². The summed E-state index contributed by atoms with van der Waals surface area (Å²) in [5, 5.41) is 8.19. The summed E-state index contributed by atoms with van der Waals surface area (Å²) in [4.78, 5) is 37.9. The topological polar surface area (TPSA) is 134 Å². The second-order valence-corrected chi connectivity index (χ2v) is 8.70. The molecule has 0 radical (unpaired) electrons. The molecule has 0 saturated heterocycles. The number of nitrogens with one attached hydrogen (secondary N) is 2. The summed E-state index contributed by atoms with van der Waals surface area (Å²) in [7, 11) is 5.93. The Balaban J connectivity index is 1.47. The van der Waals surface area contributed by atoms with Crippen molar-refractivity contribution in [1.29, 1.82) is 0 Å². The van der Waals surface area contributed by atoms with E-state index in [-0.39, 0.29) is 17.9 Å². The fraction of sp³-hybridized carbons (Fsp3) is 0.161. The van der Waals surface area contributed by atoms with Crippen LogP contribution in [0.1, 0.15) is 26.3 Å². The molecule has 0 heterocycles. The summed E-state index contributed by atoms with van der Waals surface area (Å²) in [6.45, 7) is -0.332. The monoisotopic (exact) mass is 571 g/mol. The lowest BCUT2D eigenvalue weighted by molar-refractivity contribution is -0.120. The molecule has 2 amide bonds. The number of hydrazone groups is 1. The van der Waals surface area contributed by atoms with Crippen LogP contribution in [0.25, 0.3) is 10.8 Å². The fourth-order valence-corrected chi connectivity index (χ4v) is 4.07. The van der Waals surface area contributed by atoms with Crippen LogP contribution in [0.3, 0.4) is 0 Å². The van der Waals surface area contributed by atoms with Crippen LogP contribution < -0.4 is 34.4 Å². The number of carbonyl (C=O) groups excluding carboxylic acids is 3. The first-order valence-electron chi connectivity index (χ1n) is 12.7. The van der Waals surface area contributed by atoms with Crippen molar-refractivity contribution in [3.8, 4) is 28.7 Å². The molecule has 0 spiro atoms. The first-order valence-corrected chi connectivity index (χ1v) is 12.7. The minimum atomic E-state index is -0.622. The molecule has 0 fully saturated rings. The van der Waals surface area contributed by atoms with Gasteiger partial charge in [-0.05, 0) is 53.2 Å². The lowest BCUT2D eigenvalue weighted by atomic mass is 10.0. The number of carbonyl (C=O) groups is 3. The van der Waals surface area contributed by atoms with Gasteiger partial charge in [0.2, 0.25) is 0 Å². The highest BCUT2D eigenvalue weighted by Crippen LogP contribution is 2.30. The number of amides is 2. The molecule has 4 rings (SSSR count). The molecule has 0 saturated carbocycles. The normalized spacial score (nSPS) is 10.7. The minimum absolute atomic E-state index is 0.230. The maximum absolute atomic E-state index is 13.0. The molecule has 4 aromatic rings. The molecule has 0 aliphatic heterocycles. The maximum atomic E-state index is 13.0. The molecule has 216 valence electrons. The molecular formula is C31H29N3O8. The number of hydrogen-bond acceptors (Lipinski definition) is 9. The van der Waals surface area contributed by atoms with Crippen molar-refractivity contribution in [3.05, 3.63) is 89.5 Å². The van der Waals surface area contributed by atoms with Gasteiger partial charge in [0.15, 0.2) is 23.0 Å². The van der Waals surface area contributed by atoms with Crippen LogP contribution in [0.4, 0.5) is 0 Å². The minimum Gasteiger partial charge on any atom is -0.493 e. The zero-order valence-electron chi connectivity index (χ0n) is 23.4. The van der Waals surface area contributed by atoms with Gasteiger partial charge in [0.05, 0.1) is 46.8 Å². The average Bonchev–Trinajstić information content (AvgIpc) is 3.03. The van der Waals surface area contributed by atoms with Crippen LogP contribution >= 0.6 is 0 Å². The summed E-state index contributed by atoms with van der Waals surface area (Å²) in [5.41, 5.74) is 3.40. The largest absolute Gasteiger partial charge is 0.493 e. The highest BCUT2D eigenvalue weighted by atomic mass is 16.5. The summed E-state index contributed by atoms with van der Waals surface area (Å²) < 4.78 is 26.6. The van der Waals surface area contributed by atoms with Crippen LogP contribution in [0.5, 0.6) is 28.7 Å². The van der Waals surface area contributed by atoms with E-state index in [9.17, 15) is 14.4 Å². The van der Waals surface area contributed by atoms with E-state index in [0.717, 1.165) is 10.8 Å². The number of nitrogens with zero attached hydrogens (tertiary/aromatic N) is 1. The summed E-state index contributed by atoms with van der Waals surface area (Å²) in [5.74, 6) is 0.283. The Morgan fingerprint density at radius 1 is 0.714 bits per heavy atom. The molecule has 11 heteroatoms. The van der Waals surface area contributed by atoms with Crippen LogP contribution in [-0.4, -0.2) is 59.0 Å². The van der Waals surface area contributed by atoms with Crippen LogP contribution in [0.2, 0.25) is 0 Å². The van der Waals surface area contributed by atoms with Crippen molar-refractivity contribution in [1.82, 2.24) is 10.7 Å². The third kappa shape index (κ3) is 6.76. The van der Waals surface area contributed by atoms with E-state index in [0.29, 0.717) is 34.1 Å². The molecule has 0 aliphatic rings. The van der Waals surface area contributed by atoms with Crippen molar-refractivity contribution in [2.24, 2.45) is 5.10 Å². The Bertz CT molecular complexity index is 1650. The van der Waals surface area contributed by atoms with Crippen molar-refractivity contribution < 1.29 is 38.1 Å². The van der Waals surface area contributed by atoms with E-state index in [1.807, 2.05) is 30.3 Å². The van der Waals surface area contributed by atoms with Gasteiger partial charge in [-0.25, -0.2) is 10.2 Å². The number of rotatable bonds is 11. The molecular weight excluding hydrogens is 542 g/mol. The van der Waals surface area contributed by atoms with Gasteiger partial charge in [-0.1, -0.05) is 30.3 Å². The predicted molar refractivity (Wildman–Crippen MR) is 156 cm³/mol. The van der Waals surface area contributed by atoms with Gasteiger partial charge in [-0.15, -0.1) is 0 Å². The quantitative estimate of drug-likeness (QED) is 0.120. The van der Waals surface area contributed by atoms with Gasteiger partial charge >= 0.3 is 5.97 Å². The Hall–Kier alpha value is -5.58. The van der Waals surface area contributed by atoms with Crippen LogP contribution in [0.15, 0.2) is 77.9 Å². The number of esters is 1. The van der Waals surface area contributed by atoms with E-state index in [4.69, 9.17) is 23.7 Å². The third-order valence-corrected chi connectivity index (χ3v) is 6.19. The van der Waals surface area contributed by atoms with Crippen LogP contribution in [0, 0.1) is 0 Å². The second-order valence-electron chi connectivity index (χ2n) is 8.70. The number of ether oxygens (including phenoxy) is 5. The molecule has 42 heavy (non-hydrogen) atoms. The number of methoxy groups -OCH3 is 4. The molecule has 0 bridgehead atoms. The standard InChI is InChI=1S/C31H29N3O8/c1-38-25-13-10-20(15-27(25)40-3)30(36)32-18-29(35)34-33-17-23-22-8-6-5-7-19(22)9-12-24(23)42-31(37)21-11-14-26(39-2)28(16-21)41-4/h5-17H,18H2,1-4H3,(H,32,36)(H,34,35). The van der Waals surface area contributed by atoms with Crippen molar-refractivity contribution >= 4 is 34.8 Å². The molecule has 11 nitrogen and oxygen atoms in total. The SMILES string of the molecule is COc1ccc(C(=O)NCC(=O)NN=Cc2c(OC(=O)c3ccc(OC)c(OC)c3)ccc3ccccc23)cc1OC. The van der Waals surface area contributed by atoms with Gasteiger partial charge < -0.3 is 29.0 Å². The Kier molecular flexibility index (Phi) is 9.57. The second kappa shape index (κ2) is 13.7. The lowest BCUT2D eigenvalue weighted by Gasteiger charge is -2.12. The highest BCUT2D eigenvalue weighted by molar-refractivity contribution is 6.04. The Labute approximate surface area is 242 Å². The van der Waals surface area contributed by atoms with E-state index in [2.05, 4.69) is 15.8 Å². The van der Waals surface area contributed by atoms with Gasteiger partial charge in [-0.2, -0.15) is 5.10 Å². The molecule has 0 atom stereocenters. The maximum Gasteiger partial charge on any atom is 0.343 e. The summed E-state index contributed by atoms with van der Waals surface area (Å²) in [6.07, 6.45) is 1.38. The van der Waals surface area contributed by atoms with E-state index >= 15 is 0 Å². The molecule has 0 aliphatic carbocycles. The van der Waals surface area contributed by atoms with Gasteiger partial charge in [0, 0.05) is 11.1 Å². The van der Waals surface area contributed by atoms with Gasteiger partial charge in [-0.3, -0.25) is 9.59 Å². The third-order valence-electron chi connectivity index (χ3n) is 6.19. The molecule has 2 N–H and O–H groups in total. The number of benzene rings is 4. The van der Waals surface area contributed by atoms with E-state index < -0.39 is 17.8 Å². The number of fused-ring (bicyclic) bond motifs is 1. The van der Waals surface area contributed by atoms with Gasteiger partial charge in [0.25, 0.3) is 11.8 Å². The van der Waals surface area contributed by atoms with Crippen molar-refractivity contribution in [3.63, 3.8) is 0 Å². The molecule has 0 aromatic heterocycles. The molecule has 0 unspecified atom stereocenters. The first-order chi connectivity index (χ1) is 20.4. The van der Waals surface area contributed by atoms with Crippen LogP contribution in [-0.2, 0) is 4.79 Å². The first kappa shape index (κ1) is 29.4. The average molecular weight is 572 g/mol. The van der Waals surface area contributed by atoms with E-state index in [1.54, 1.807) is 30.3 Å². The van der Waals surface area contributed by atoms with E-state index in [1.165, 1.54) is 46.8 Å². The summed E-state index contributed by atoms with van der Waals surface area (Å²) in [6, 6.07) is 20.3. The predicted octanol–water partition coefficient (Wildman–Crippen LogP) is 3.97. The zero-order chi connectivity index (χ0) is 30.1. The van der Waals surface area contributed by atoms with Gasteiger partial charge in [0.1, 0.15) is 5.75 Å². The smallest absolute Gasteiger partial charge is 0.343 e. The lowest BCUT2D eigenvalue weighted by Crippen LogP contribution is -2.34. The zero-order valence-corrected chi connectivity index (χ0v) is 23.4. The Morgan fingerprint density at radius 2 is 1.31 bits per heavy atom. The fourth-order valence-electron chi connectivity index (χ4n) is 4.07.